The first-order chi connectivity index (χ1) is 16.7. The summed E-state index contributed by atoms with van der Waals surface area (Å²) in [7, 11) is 0. The Bertz CT molecular complexity index is 1140. The van der Waals surface area contributed by atoms with Crippen molar-refractivity contribution in [1.29, 1.82) is 0 Å². The van der Waals surface area contributed by atoms with Crippen molar-refractivity contribution in [1.82, 2.24) is 0 Å². The van der Waals surface area contributed by atoms with Gasteiger partial charge in [-0.3, -0.25) is 14.4 Å². The Morgan fingerprint density at radius 2 is 1.72 bits per heavy atom. The van der Waals surface area contributed by atoms with Crippen molar-refractivity contribution >= 4 is 23.7 Å². The van der Waals surface area contributed by atoms with E-state index in [0.717, 1.165) is 13.8 Å². The summed E-state index contributed by atoms with van der Waals surface area (Å²) in [4.78, 5) is 50.5. The van der Waals surface area contributed by atoms with E-state index in [2.05, 4.69) is 0 Å². The zero-order chi connectivity index (χ0) is 26.2. The van der Waals surface area contributed by atoms with Gasteiger partial charge in [0.15, 0.2) is 23.1 Å². The minimum atomic E-state index is -2.40. The molecule has 6 aliphatic rings. The Morgan fingerprint density at radius 3 is 2.31 bits per heavy atom. The second kappa shape index (κ2) is 6.73. The first-order valence-electron chi connectivity index (χ1n) is 11.9. The molecular weight excluding hydrogens is 480 g/mol. The number of rotatable bonds is 2. The highest BCUT2D eigenvalue weighted by Gasteiger charge is 2.96. The van der Waals surface area contributed by atoms with Crippen molar-refractivity contribution in [2.45, 2.75) is 75.5 Å². The molecule has 12 nitrogen and oxygen atoms in total. The van der Waals surface area contributed by atoms with E-state index in [-0.39, 0.29) is 13.0 Å². The van der Waals surface area contributed by atoms with Crippen LogP contribution in [0.2, 0.25) is 0 Å². The number of carbonyl (C=O) groups is 4. The third-order valence-corrected chi connectivity index (χ3v) is 9.68. The van der Waals surface area contributed by atoms with Crippen molar-refractivity contribution in [2.75, 3.05) is 13.2 Å². The highest BCUT2D eigenvalue weighted by atomic mass is 16.7. The summed E-state index contributed by atoms with van der Waals surface area (Å²) in [6.07, 6.45) is -4.87. The summed E-state index contributed by atoms with van der Waals surface area (Å²) in [5.41, 5.74) is -6.82. The molecule has 3 N–H and O–H groups in total. The predicted molar refractivity (Wildman–Crippen MR) is 112 cm³/mol. The van der Waals surface area contributed by atoms with Crippen LogP contribution in [0.5, 0.6) is 0 Å². The van der Waals surface area contributed by atoms with Gasteiger partial charge in [-0.15, -0.1) is 0 Å². The third kappa shape index (κ3) is 2.30. The van der Waals surface area contributed by atoms with Gasteiger partial charge in [0.1, 0.15) is 12.2 Å². The molecule has 3 aliphatic heterocycles. The Kier molecular flexibility index (Phi) is 4.48. The smallest absolute Gasteiger partial charge is 0.350 e. The van der Waals surface area contributed by atoms with E-state index in [9.17, 15) is 34.5 Å². The maximum absolute atomic E-state index is 13.3. The van der Waals surface area contributed by atoms with Crippen LogP contribution in [0.25, 0.3) is 0 Å². The van der Waals surface area contributed by atoms with Crippen molar-refractivity contribution < 1.29 is 58.2 Å². The summed E-state index contributed by atoms with van der Waals surface area (Å²) in [6, 6.07) is 0. The summed E-state index contributed by atoms with van der Waals surface area (Å²) in [6.45, 7) is 4.80. The Morgan fingerprint density at radius 1 is 1.08 bits per heavy atom. The maximum Gasteiger partial charge on any atom is 0.350 e. The summed E-state index contributed by atoms with van der Waals surface area (Å²) < 4.78 is 28.3. The predicted octanol–water partition coefficient (Wildman–Crippen LogP) is -1.47. The van der Waals surface area contributed by atoms with Gasteiger partial charge in [-0.1, -0.05) is 12.5 Å². The molecule has 11 atom stereocenters. The van der Waals surface area contributed by atoms with Gasteiger partial charge in [0.25, 0.3) is 0 Å². The molecule has 2 spiro atoms. The normalized spacial score (nSPS) is 54.1. The molecule has 36 heavy (non-hydrogen) atoms. The fourth-order valence-electron chi connectivity index (χ4n) is 8.48. The minimum absolute atomic E-state index is 0.0915. The summed E-state index contributed by atoms with van der Waals surface area (Å²) in [5, 5.41) is 36.2. The molecular formula is C24H28O12. The molecule has 3 aliphatic carbocycles. The van der Waals surface area contributed by atoms with Crippen LogP contribution in [0, 0.1) is 22.7 Å². The molecule has 0 unspecified atom stereocenters. The standard InChI is InChI=1S/C24H28O12/c1-9-5-13(27)15(28)20(4)12(9)6-14-21-7-33-23(30,18(20)21)19(35-11(3)26)22(8-32-22)24(21,31)16(17(29)36-14)34-10(2)25/h5,12,14-16,18-19,28,30-31H,6-8H2,1-4H3/t12-,14-,15-,16+,18-,19-,20-,21-,22+,23-,24+/m1/s1. The zero-order valence-corrected chi connectivity index (χ0v) is 20.2. The van der Waals surface area contributed by atoms with Crippen LogP contribution in [-0.4, -0.2) is 93.6 Å². The lowest BCUT2D eigenvalue weighted by molar-refractivity contribution is -0.379. The summed E-state index contributed by atoms with van der Waals surface area (Å²) >= 11 is 0. The van der Waals surface area contributed by atoms with Crippen LogP contribution in [-0.2, 0) is 42.9 Å². The molecule has 3 saturated heterocycles. The molecule has 0 aromatic rings. The number of fused-ring (bicyclic) bond motifs is 2. The first-order valence-corrected chi connectivity index (χ1v) is 11.9. The molecule has 12 heteroatoms. The van der Waals surface area contributed by atoms with E-state index in [0.29, 0.717) is 5.57 Å². The Labute approximate surface area is 205 Å². The van der Waals surface area contributed by atoms with Gasteiger partial charge in [0.05, 0.1) is 18.6 Å². The van der Waals surface area contributed by atoms with Gasteiger partial charge >= 0.3 is 17.9 Å². The van der Waals surface area contributed by atoms with E-state index in [1.807, 2.05) is 0 Å². The highest BCUT2D eigenvalue weighted by Crippen LogP contribution is 2.78. The minimum Gasteiger partial charge on any atom is -0.459 e. The fraction of sp³-hybridized carbons (Fsp3) is 0.750. The van der Waals surface area contributed by atoms with Crippen LogP contribution in [0.4, 0.5) is 0 Å². The maximum atomic E-state index is 13.3. The number of hydrogen-bond acceptors (Lipinski definition) is 12. The molecule has 5 fully saturated rings. The first kappa shape index (κ1) is 24.0. The van der Waals surface area contributed by atoms with E-state index in [4.69, 9.17) is 23.7 Å². The van der Waals surface area contributed by atoms with E-state index in [1.165, 1.54) is 6.08 Å². The molecule has 0 aromatic carbocycles. The number of aliphatic hydroxyl groups is 3. The molecule has 2 saturated carbocycles. The number of esters is 3. The van der Waals surface area contributed by atoms with Crippen molar-refractivity contribution in [3.05, 3.63) is 11.6 Å². The van der Waals surface area contributed by atoms with Crippen LogP contribution < -0.4 is 0 Å². The highest BCUT2D eigenvalue weighted by molar-refractivity contribution is 5.96. The van der Waals surface area contributed by atoms with E-state index >= 15 is 0 Å². The second-order valence-electron chi connectivity index (χ2n) is 11.2. The van der Waals surface area contributed by atoms with Gasteiger partial charge in [-0.05, 0) is 25.3 Å². The molecule has 196 valence electrons. The lowest BCUT2D eigenvalue weighted by atomic mass is 9.36. The number of epoxide rings is 1. The average Bonchev–Trinajstić information content (AvgIpc) is 3.52. The number of carbonyl (C=O) groups excluding carboxylic acids is 4. The SMILES string of the molecule is CC(=O)O[C@H]1C(=O)O[C@@H]2C[C@@H]3C(C)=CC(=O)[C@@H](O)[C@]3(C)[C@H]3[C@@]4(O)OC[C@]32[C@]1(O)[C@]1(CO1)[C@H]4OC(C)=O. The quantitative estimate of drug-likeness (QED) is 0.224. The van der Waals surface area contributed by atoms with Gasteiger partial charge in [0.2, 0.25) is 11.9 Å². The monoisotopic (exact) mass is 508 g/mol. The second-order valence-corrected chi connectivity index (χ2v) is 11.2. The number of ketones is 1. The number of aliphatic hydroxyl groups excluding tert-OH is 1. The van der Waals surface area contributed by atoms with Crippen LogP contribution in [0.1, 0.15) is 34.1 Å². The summed E-state index contributed by atoms with van der Waals surface area (Å²) in [5.74, 6) is -7.55. The number of hydrogen-bond donors (Lipinski definition) is 3. The van der Waals surface area contributed by atoms with Crippen molar-refractivity contribution in [3.8, 4) is 0 Å². The van der Waals surface area contributed by atoms with Gasteiger partial charge < -0.3 is 39.0 Å². The Balaban J connectivity index is 1.68. The van der Waals surface area contributed by atoms with Crippen LogP contribution in [0.15, 0.2) is 11.6 Å². The fourth-order valence-corrected chi connectivity index (χ4v) is 8.48. The zero-order valence-electron chi connectivity index (χ0n) is 20.2. The molecule has 2 bridgehead atoms. The van der Waals surface area contributed by atoms with Crippen molar-refractivity contribution in [2.24, 2.45) is 22.7 Å². The van der Waals surface area contributed by atoms with E-state index in [1.54, 1.807) is 13.8 Å². The average molecular weight is 508 g/mol. The molecule has 0 amide bonds. The number of ether oxygens (including phenoxy) is 5. The molecule has 0 aromatic heterocycles. The van der Waals surface area contributed by atoms with Gasteiger partial charge in [-0.2, -0.15) is 0 Å². The molecule has 0 radical (unpaired) electrons. The Hall–Kier alpha value is -2.38. The topological polar surface area (TPSA) is 178 Å². The largest absolute Gasteiger partial charge is 0.459 e. The van der Waals surface area contributed by atoms with Crippen LogP contribution in [0.3, 0.4) is 0 Å². The molecule has 3 heterocycles. The lowest BCUT2D eigenvalue weighted by Gasteiger charge is -2.70. The van der Waals surface area contributed by atoms with Crippen LogP contribution >= 0.6 is 0 Å². The van der Waals surface area contributed by atoms with E-state index < -0.39 is 94.4 Å². The van der Waals surface area contributed by atoms with Crippen molar-refractivity contribution in [3.63, 3.8) is 0 Å². The number of allylic oxidation sites excluding steroid dienone is 1. The van der Waals surface area contributed by atoms with Gasteiger partial charge in [0, 0.05) is 25.2 Å². The van der Waals surface area contributed by atoms with Gasteiger partial charge in [-0.25, -0.2) is 4.79 Å². The molecule has 6 rings (SSSR count). The third-order valence-electron chi connectivity index (χ3n) is 9.68. The lowest BCUT2D eigenvalue weighted by Crippen LogP contribution is -2.88.